The van der Waals surface area contributed by atoms with E-state index in [1.54, 1.807) is 6.26 Å². The maximum Gasteiger partial charge on any atom is 0.307 e. The van der Waals surface area contributed by atoms with E-state index in [-0.39, 0.29) is 17.7 Å². The highest BCUT2D eigenvalue weighted by atomic mass is 16.4. The second kappa shape index (κ2) is 6.12. The van der Waals surface area contributed by atoms with Gasteiger partial charge in [-0.1, -0.05) is 18.2 Å². The summed E-state index contributed by atoms with van der Waals surface area (Å²) in [6.45, 7) is 3.74. The number of nitrogens with one attached hydrogen (secondary N) is 1. The summed E-state index contributed by atoms with van der Waals surface area (Å²) in [4.78, 5) is 28.8. The van der Waals surface area contributed by atoms with Crippen molar-refractivity contribution in [3.05, 3.63) is 47.9 Å². The highest BCUT2D eigenvalue weighted by Crippen LogP contribution is 2.48. The number of hydrogen-bond acceptors (Lipinski definition) is 4. The van der Waals surface area contributed by atoms with Crippen LogP contribution in [0.2, 0.25) is 0 Å². The molecule has 6 heteroatoms. The monoisotopic (exact) mass is 352 g/mol. The normalized spacial score (nSPS) is 26.2. The van der Waals surface area contributed by atoms with Gasteiger partial charge in [-0.3, -0.25) is 9.59 Å². The lowest BCUT2D eigenvalue weighted by molar-refractivity contribution is -0.146. The third-order valence-electron chi connectivity index (χ3n) is 5.41. The minimum absolute atomic E-state index is 0.000946. The Balaban J connectivity index is 1.60. The molecule has 0 aliphatic heterocycles. The largest absolute Gasteiger partial charge is 0.481 e. The molecule has 6 nitrogen and oxygen atoms in total. The van der Waals surface area contributed by atoms with E-state index < -0.39 is 17.8 Å². The fraction of sp³-hybridized carbons (Fsp3) is 0.350. The molecular formula is C20H20N2O4. The average Bonchev–Trinajstić information content (AvgIpc) is 3.31. The fourth-order valence-electron chi connectivity index (χ4n) is 4.11. The minimum atomic E-state index is -0.900. The van der Waals surface area contributed by atoms with Gasteiger partial charge in [-0.25, -0.2) is 4.98 Å². The molecule has 1 amide bonds. The molecular weight excluding hydrogens is 332 g/mol. The Morgan fingerprint density at radius 3 is 2.58 bits per heavy atom. The maximum atomic E-state index is 12.9. The molecule has 0 saturated heterocycles. The number of carboxylic acids is 1. The number of rotatable bonds is 4. The molecule has 0 spiro atoms. The molecule has 134 valence electrons. The van der Waals surface area contributed by atoms with E-state index in [1.165, 1.54) is 0 Å². The molecule has 2 aliphatic carbocycles. The summed E-state index contributed by atoms with van der Waals surface area (Å²) in [5.74, 6) is -1.88. The predicted molar refractivity (Wildman–Crippen MR) is 95.4 cm³/mol. The Labute approximate surface area is 150 Å². The summed E-state index contributed by atoms with van der Waals surface area (Å²) in [5.41, 5.74) is 3.10. The van der Waals surface area contributed by atoms with E-state index >= 15 is 0 Å². The number of carboxylic acid groups (broad SMARTS) is 1. The second-order valence-electron chi connectivity index (χ2n) is 7.15. The van der Waals surface area contributed by atoms with Gasteiger partial charge in [0.05, 0.1) is 17.5 Å². The molecule has 2 aromatic rings. The fourth-order valence-corrected chi connectivity index (χ4v) is 4.11. The zero-order valence-electron chi connectivity index (χ0n) is 14.6. The molecule has 1 heterocycles. The highest BCUT2D eigenvalue weighted by Gasteiger charge is 2.51. The standard InChI is InChI=1S/C20H20N2O4/c1-10-3-4-14(19-21-11(2)9-26-19)8-15(10)22-18(23)16-12-5-6-13(7-12)17(16)20(24)25/h3-6,8-9,12-13,16-17H,7H2,1-2H3,(H,22,23)(H,24,25). The maximum absolute atomic E-state index is 12.9. The van der Waals surface area contributed by atoms with Crippen molar-refractivity contribution in [3.63, 3.8) is 0 Å². The van der Waals surface area contributed by atoms with Crippen LogP contribution in [-0.4, -0.2) is 22.0 Å². The minimum Gasteiger partial charge on any atom is -0.481 e. The number of benzene rings is 1. The van der Waals surface area contributed by atoms with E-state index in [4.69, 9.17) is 4.42 Å². The summed E-state index contributed by atoms with van der Waals surface area (Å²) >= 11 is 0. The van der Waals surface area contributed by atoms with Crippen molar-refractivity contribution >= 4 is 17.6 Å². The zero-order chi connectivity index (χ0) is 18.4. The molecule has 0 radical (unpaired) electrons. The Hall–Kier alpha value is -2.89. The Kier molecular flexibility index (Phi) is 3.90. The van der Waals surface area contributed by atoms with E-state index in [0.29, 0.717) is 11.6 Å². The number of aryl methyl sites for hydroxylation is 2. The molecule has 4 rings (SSSR count). The topological polar surface area (TPSA) is 92.4 Å². The second-order valence-corrected chi connectivity index (χ2v) is 7.15. The predicted octanol–water partition coefficient (Wildman–Crippen LogP) is 3.42. The van der Waals surface area contributed by atoms with E-state index in [9.17, 15) is 14.7 Å². The zero-order valence-corrected chi connectivity index (χ0v) is 14.6. The number of hydrogen-bond donors (Lipinski definition) is 2. The van der Waals surface area contributed by atoms with Crippen LogP contribution in [0.3, 0.4) is 0 Å². The summed E-state index contributed by atoms with van der Waals surface area (Å²) in [5, 5.41) is 12.5. The molecule has 4 unspecified atom stereocenters. The van der Waals surface area contributed by atoms with Crippen molar-refractivity contribution in [2.45, 2.75) is 20.3 Å². The number of nitrogens with zero attached hydrogens (tertiary/aromatic N) is 1. The molecule has 1 fully saturated rings. The molecule has 4 atom stereocenters. The number of aliphatic carboxylic acids is 1. The summed E-state index contributed by atoms with van der Waals surface area (Å²) in [6, 6.07) is 5.59. The van der Waals surface area contributed by atoms with Crippen molar-refractivity contribution in [2.24, 2.45) is 23.7 Å². The first-order valence-electron chi connectivity index (χ1n) is 8.69. The number of carbonyl (C=O) groups excluding carboxylic acids is 1. The van der Waals surface area contributed by atoms with Gasteiger partial charge < -0.3 is 14.8 Å². The Morgan fingerprint density at radius 2 is 1.92 bits per heavy atom. The lowest BCUT2D eigenvalue weighted by Crippen LogP contribution is -2.36. The Morgan fingerprint density at radius 1 is 1.19 bits per heavy atom. The van der Waals surface area contributed by atoms with Gasteiger partial charge in [-0.15, -0.1) is 0 Å². The van der Waals surface area contributed by atoms with Crippen LogP contribution < -0.4 is 5.32 Å². The highest BCUT2D eigenvalue weighted by molar-refractivity contribution is 5.97. The van der Waals surface area contributed by atoms with Crippen LogP contribution in [0.1, 0.15) is 17.7 Å². The molecule has 2 bridgehead atoms. The Bertz CT molecular complexity index is 914. The van der Waals surface area contributed by atoms with Gasteiger partial charge in [0.25, 0.3) is 0 Å². The quantitative estimate of drug-likeness (QED) is 0.823. The smallest absolute Gasteiger partial charge is 0.307 e. The van der Waals surface area contributed by atoms with Crippen molar-refractivity contribution < 1.29 is 19.1 Å². The summed E-state index contributed by atoms with van der Waals surface area (Å²) in [6.07, 6.45) is 6.23. The van der Waals surface area contributed by atoms with Crippen LogP contribution in [0.4, 0.5) is 5.69 Å². The van der Waals surface area contributed by atoms with Crippen molar-refractivity contribution in [1.82, 2.24) is 4.98 Å². The van der Waals surface area contributed by atoms with Gasteiger partial charge in [0.2, 0.25) is 11.8 Å². The van der Waals surface area contributed by atoms with Crippen LogP contribution in [0.5, 0.6) is 0 Å². The van der Waals surface area contributed by atoms with Crippen molar-refractivity contribution in [3.8, 4) is 11.5 Å². The molecule has 2 N–H and O–H groups in total. The first-order chi connectivity index (χ1) is 12.4. The van der Waals surface area contributed by atoms with E-state index in [0.717, 1.165) is 23.2 Å². The number of aromatic nitrogens is 1. The third-order valence-corrected chi connectivity index (χ3v) is 5.41. The van der Waals surface area contributed by atoms with Crippen molar-refractivity contribution in [2.75, 3.05) is 5.32 Å². The van der Waals surface area contributed by atoms with Crippen LogP contribution in [-0.2, 0) is 9.59 Å². The van der Waals surface area contributed by atoms with Gasteiger partial charge in [0.1, 0.15) is 6.26 Å². The molecule has 1 aromatic carbocycles. The van der Waals surface area contributed by atoms with Gasteiger partial charge in [-0.2, -0.15) is 0 Å². The first kappa shape index (κ1) is 16.6. The van der Waals surface area contributed by atoms with Crippen LogP contribution in [0.25, 0.3) is 11.5 Å². The lowest BCUT2D eigenvalue weighted by atomic mass is 9.82. The van der Waals surface area contributed by atoms with E-state index in [2.05, 4.69) is 10.3 Å². The number of anilines is 1. The number of amides is 1. The lowest BCUT2D eigenvalue weighted by Gasteiger charge is -2.24. The SMILES string of the molecule is Cc1coc(-c2ccc(C)c(NC(=O)C3C4C=CC(C4)C3C(=O)O)c2)n1. The number of fused-ring (bicyclic) bond motifs is 2. The average molecular weight is 352 g/mol. The number of oxazole rings is 1. The van der Waals surface area contributed by atoms with Gasteiger partial charge in [0, 0.05) is 11.3 Å². The van der Waals surface area contributed by atoms with Gasteiger partial charge in [0.15, 0.2) is 0 Å². The molecule has 26 heavy (non-hydrogen) atoms. The number of carbonyl (C=O) groups is 2. The molecule has 1 saturated carbocycles. The van der Waals surface area contributed by atoms with Gasteiger partial charge in [-0.05, 0) is 49.8 Å². The van der Waals surface area contributed by atoms with Crippen LogP contribution >= 0.6 is 0 Å². The molecule has 2 aliphatic rings. The summed E-state index contributed by atoms with van der Waals surface area (Å²) < 4.78 is 5.43. The molecule has 1 aromatic heterocycles. The summed E-state index contributed by atoms with van der Waals surface area (Å²) in [7, 11) is 0. The van der Waals surface area contributed by atoms with E-state index in [1.807, 2.05) is 44.2 Å². The van der Waals surface area contributed by atoms with Crippen LogP contribution in [0, 0.1) is 37.5 Å². The number of allylic oxidation sites excluding steroid dienone is 2. The van der Waals surface area contributed by atoms with Gasteiger partial charge >= 0.3 is 5.97 Å². The van der Waals surface area contributed by atoms with Crippen molar-refractivity contribution in [1.29, 1.82) is 0 Å². The van der Waals surface area contributed by atoms with Crippen LogP contribution in [0.15, 0.2) is 41.0 Å². The first-order valence-corrected chi connectivity index (χ1v) is 8.69. The third kappa shape index (κ3) is 2.71.